The van der Waals surface area contributed by atoms with E-state index >= 15 is 0 Å². The Hall–Kier alpha value is -2.07. The Morgan fingerprint density at radius 1 is 1.29 bits per heavy atom. The van der Waals surface area contributed by atoms with Crippen LogP contribution >= 0.6 is 11.3 Å². The third-order valence-corrected chi connectivity index (χ3v) is 3.85. The predicted molar refractivity (Wildman–Crippen MR) is 87.3 cm³/mol. The zero-order valence-corrected chi connectivity index (χ0v) is 12.9. The third kappa shape index (κ3) is 5.44. The van der Waals surface area contributed by atoms with Crippen LogP contribution in [0.4, 0.5) is 4.79 Å². The van der Waals surface area contributed by atoms with E-state index in [4.69, 9.17) is 4.74 Å². The molecule has 0 bridgehead atoms. The number of nitrogens with one attached hydrogen (secondary N) is 1. The van der Waals surface area contributed by atoms with Crippen LogP contribution in [0.2, 0.25) is 0 Å². The van der Waals surface area contributed by atoms with Crippen LogP contribution in [0.1, 0.15) is 22.4 Å². The van der Waals surface area contributed by atoms with E-state index in [1.807, 2.05) is 30.3 Å². The van der Waals surface area contributed by atoms with Crippen molar-refractivity contribution in [1.82, 2.24) is 5.32 Å². The first-order valence-corrected chi connectivity index (χ1v) is 7.79. The summed E-state index contributed by atoms with van der Waals surface area (Å²) in [5.41, 5.74) is 2.23. The Kier molecular flexibility index (Phi) is 6.03. The van der Waals surface area contributed by atoms with Gasteiger partial charge in [-0.3, -0.25) is 0 Å². The molecule has 4 heteroatoms. The second-order valence-corrected chi connectivity index (χ2v) is 5.73. The van der Waals surface area contributed by atoms with Crippen LogP contribution in [0.5, 0.6) is 0 Å². The molecule has 1 N–H and O–H groups in total. The molecule has 0 radical (unpaired) electrons. The van der Waals surface area contributed by atoms with E-state index in [2.05, 4.69) is 35.8 Å². The van der Waals surface area contributed by atoms with Crippen molar-refractivity contribution in [3.8, 4) is 0 Å². The lowest BCUT2D eigenvalue weighted by Gasteiger charge is -2.05. The Morgan fingerprint density at radius 3 is 2.81 bits per heavy atom. The molecular weight excluding hydrogens is 282 g/mol. The van der Waals surface area contributed by atoms with Crippen LogP contribution in [0.15, 0.2) is 47.9 Å². The third-order valence-electron chi connectivity index (χ3n) is 2.99. The molecule has 2 aromatic rings. The highest BCUT2D eigenvalue weighted by molar-refractivity contribution is 7.10. The summed E-state index contributed by atoms with van der Waals surface area (Å²) >= 11 is 1.74. The fourth-order valence-corrected chi connectivity index (χ4v) is 2.50. The van der Waals surface area contributed by atoms with Gasteiger partial charge < -0.3 is 10.1 Å². The molecule has 1 aromatic carbocycles. The molecule has 0 aliphatic rings. The lowest BCUT2D eigenvalue weighted by Crippen LogP contribution is -2.24. The van der Waals surface area contributed by atoms with Gasteiger partial charge in [-0.2, -0.15) is 0 Å². The first-order valence-electron chi connectivity index (χ1n) is 6.91. The van der Waals surface area contributed by atoms with Crippen molar-refractivity contribution in [2.75, 3.05) is 6.54 Å². The number of aryl methyl sites for hydroxylation is 1. The lowest BCUT2D eigenvalue weighted by atomic mass is 10.2. The monoisotopic (exact) mass is 301 g/mol. The summed E-state index contributed by atoms with van der Waals surface area (Å²) in [6.45, 7) is 2.98. The van der Waals surface area contributed by atoms with Gasteiger partial charge in [0.05, 0.1) is 0 Å². The van der Waals surface area contributed by atoms with Gasteiger partial charge in [-0.15, -0.1) is 11.3 Å². The standard InChI is InChI=1S/C17H19NO2S/c1-14-16(10-12-21-14)9-5-6-11-18-17(19)20-13-15-7-3-2-4-8-15/h2-5,7-10,12H,6,11,13H2,1H3,(H,18,19). The smallest absolute Gasteiger partial charge is 0.407 e. The SMILES string of the molecule is Cc1sccc1C=CCCNC(=O)OCc1ccccc1. The Balaban J connectivity index is 1.61. The average molecular weight is 301 g/mol. The Labute approximate surface area is 129 Å². The van der Waals surface area contributed by atoms with Crippen molar-refractivity contribution in [2.24, 2.45) is 0 Å². The maximum atomic E-state index is 11.5. The second-order valence-electron chi connectivity index (χ2n) is 4.61. The molecule has 0 fully saturated rings. The molecule has 1 heterocycles. The summed E-state index contributed by atoms with van der Waals surface area (Å²) in [7, 11) is 0. The van der Waals surface area contributed by atoms with Gasteiger partial charge in [0.1, 0.15) is 6.61 Å². The maximum absolute atomic E-state index is 11.5. The van der Waals surface area contributed by atoms with Gasteiger partial charge in [-0.25, -0.2) is 4.79 Å². The number of alkyl carbamates (subject to hydrolysis) is 1. The van der Waals surface area contributed by atoms with E-state index in [9.17, 15) is 4.79 Å². The van der Waals surface area contributed by atoms with Crippen LogP contribution in [-0.4, -0.2) is 12.6 Å². The van der Waals surface area contributed by atoms with Gasteiger partial charge in [0.15, 0.2) is 0 Å². The van der Waals surface area contributed by atoms with Crippen LogP contribution in [0.25, 0.3) is 6.08 Å². The van der Waals surface area contributed by atoms with Crippen molar-refractivity contribution in [3.63, 3.8) is 0 Å². The zero-order chi connectivity index (χ0) is 14.9. The molecule has 0 saturated heterocycles. The molecule has 21 heavy (non-hydrogen) atoms. The van der Waals surface area contributed by atoms with Crippen LogP contribution in [0, 0.1) is 6.92 Å². The largest absolute Gasteiger partial charge is 0.445 e. The highest BCUT2D eigenvalue weighted by Crippen LogP contribution is 2.16. The van der Waals surface area contributed by atoms with Gasteiger partial charge in [0, 0.05) is 11.4 Å². The van der Waals surface area contributed by atoms with E-state index in [-0.39, 0.29) is 6.09 Å². The number of hydrogen-bond acceptors (Lipinski definition) is 3. The summed E-state index contributed by atoms with van der Waals surface area (Å²) in [5, 5.41) is 4.82. The Bertz CT molecular complexity index is 590. The fourth-order valence-electron chi connectivity index (χ4n) is 1.81. The first-order chi connectivity index (χ1) is 10.3. The van der Waals surface area contributed by atoms with Crippen molar-refractivity contribution in [1.29, 1.82) is 0 Å². The molecule has 0 aliphatic carbocycles. The van der Waals surface area contributed by atoms with Gasteiger partial charge in [-0.1, -0.05) is 42.5 Å². The quantitative estimate of drug-likeness (QED) is 0.804. The minimum atomic E-state index is -0.376. The van der Waals surface area contributed by atoms with E-state index in [1.165, 1.54) is 10.4 Å². The van der Waals surface area contributed by atoms with E-state index < -0.39 is 0 Å². The summed E-state index contributed by atoms with van der Waals surface area (Å²) in [6, 6.07) is 11.7. The normalized spacial score (nSPS) is 10.7. The highest BCUT2D eigenvalue weighted by atomic mass is 32.1. The van der Waals surface area contributed by atoms with Crippen molar-refractivity contribution < 1.29 is 9.53 Å². The summed E-state index contributed by atoms with van der Waals surface area (Å²) in [5.74, 6) is 0. The minimum Gasteiger partial charge on any atom is -0.445 e. The van der Waals surface area contributed by atoms with Gasteiger partial charge >= 0.3 is 6.09 Å². The second kappa shape index (κ2) is 8.27. The molecule has 0 atom stereocenters. The van der Waals surface area contributed by atoms with Crippen LogP contribution < -0.4 is 5.32 Å². The topological polar surface area (TPSA) is 38.3 Å². The Morgan fingerprint density at radius 2 is 2.10 bits per heavy atom. The van der Waals surface area contributed by atoms with Gasteiger partial charge in [0.2, 0.25) is 0 Å². The number of benzene rings is 1. The molecule has 0 aliphatic heterocycles. The van der Waals surface area contributed by atoms with E-state index in [0.717, 1.165) is 12.0 Å². The van der Waals surface area contributed by atoms with Crippen molar-refractivity contribution in [3.05, 3.63) is 63.9 Å². The molecule has 110 valence electrons. The van der Waals surface area contributed by atoms with Crippen molar-refractivity contribution in [2.45, 2.75) is 20.0 Å². The zero-order valence-electron chi connectivity index (χ0n) is 12.0. The van der Waals surface area contributed by atoms with Gasteiger partial charge in [0.25, 0.3) is 0 Å². The summed E-state index contributed by atoms with van der Waals surface area (Å²) < 4.78 is 5.13. The fraction of sp³-hybridized carbons (Fsp3) is 0.235. The number of ether oxygens (including phenoxy) is 1. The highest BCUT2D eigenvalue weighted by Gasteiger charge is 2.00. The molecular formula is C17H19NO2S. The molecule has 3 nitrogen and oxygen atoms in total. The minimum absolute atomic E-state index is 0.302. The number of carbonyl (C=O) groups is 1. The molecule has 0 spiro atoms. The molecule has 1 amide bonds. The molecule has 1 aromatic heterocycles. The van der Waals surface area contributed by atoms with Crippen LogP contribution in [-0.2, 0) is 11.3 Å². The number of rotatable bonds is 6. The number of thiophene rings is 1. The maximum Gasteiger partial charge on any atom is 0.407 e. The predicted octanol–water partition coefficient (Wildman–Crippen LogP) is 4.39. The molecule has 0 saturated carbocycles. The average Bonchev–Trinajstić information content (AvgIpc) is 2.91. The number of hydrogen-bond donors (Lipinski definition) is 1. The lowest BCUT2D eigenvalue weighted by molar-refractivity contribution is 0.140. The number of carbonyl (C=O) groups excluding carboxylic acids is 1. The van der Waals surface area contributed by atoms with Crippen LogP contribution in [0.3, 0.4) is 0 Å². The molecule has 0 unspecified atom stereocenters. The summed E-state index contributed by atoms with van der Waals surface area (Å²) in [4.78, 5) is 12.8. The first kappa shape index (κ1) is 15.3. The van der Waals surface area contributed by atoms with E-state index in [0.29, 0.717) is 13.2 Å². The molecule has 2 rings (SSSR count). The van der Waals surface area contributed by atoms with Crippen molar-refractivity contribution >= 4 is 23.5 Å². The van der Waals surface area contributed by atoms with Gasteiger partial charge in [-0.05, 0) is 35.9 Å². The van der Waals surface area contributed by atoms with E-state index in [1.54, 1.807) is 11.3 Å². The summed E-state index contributed by atoms with van der Waals surface area (Å²) in [6.07, 6.45) is 4.56. The number of amides is 1.